The number of hydrogen-bond donors (Lipinski definition) is 1. The van der Waals surface area contributed by atoms with Crippen molar-refractivity contribution in [2.45, 2.75) is 51.4 Å². The van der Waals surface area contributed by atoms with Gasteiger partial charge in [0.1, 0.15) is 5.41 Å². The Hall–Kier alpha value is -1.06. The number of piperidine rings is 1. The number of carbonyl (C=O) groups excluding carboxylic acids is 1. The number of carbonyl (C=O) groups is 2. The van der Waals surface area contributed by atoms with Crippen molar-refractivity contribution in [2.75, 3.05) is 13.1 Å². The van der Waals surface area contributed by atoms with E-state index in [1.165, 1.54) is 25.7 Å². The smallest absolute Gasteiger partial charge is 0.319 e. The summed E-state index contributed by atoms with van der Waals surface area (Å²) < 4.78 is 0. The highest BCUT2D eigenvalue weighted by Crippen LogP contribution is 2.44. The van der Waals surface area contributed by atoms with Gasteiger partial charge in [-0.05, 0) is 37.5 Å². The van der Waals surface area contributed by atoms with Crippen LogP contribution >= 0.6 is 0 Å². The Morgan fingerprint density at radius 3 is 2.26 bits per heavy atom. The Kier molecular flexibility index (Phi) is 3.27. The number of fused-ring (bicyclic) bond motifs is 1. The van der Waals surface area contributed by atoms with Gasteiger partial charge in [-0.25, -0.2) is 0 Å². The first-order valence-electron chi connectivity index (χ1n) is 7.66. The highest BCUT2D eigenvalue weighted by molar-refractivity contribution is 6.02. The van der Waals surface area contributed by atoms with E-state index in [0.717, 1.165) is 31.8 Å². The fourth-order valence-electron chi connectivity index (χ4n) is 4.14. The van der Waals surface area contributed by atoms with Crippen LogP contribution in [0.5, 0.6) is 0 Å². The van der Waals surface area contributed by atoms with Crippen molar-refractivity contribution in [2.24, 2.45) is 17.3 Å². The number of carboxylic acids is 1. The Bertz CT molecular complexity index is 389. The third-order valence-corrected chi connectivity index (χ3v) is 5.60. The monoisotopic (exact) mass is 265 g/mol. The summed E-state index contributed by atoms with van der Waals surface area (Å²) in [5, 5.41) is 9.37. The van der Waals surface area contributed by atoms with E-state index in [-0.39, 0.29) is 5.91 Å². The molecule has 4 nitrogen and oxygen atoms in total. The summed E-state index contributed by atoms with van der Waals surface area (Å²) in [6, 6.07) is 0. The van der Waals surface area contributed by atoms with Crippen LogP contribution in [-0.4, -0.2) is 35.0 Å². The first-order chi connectivity index (χ1) is 9.13. The second kappa shape index (κ2) is 4.80. The molecule has 0 radical (unpaired) electrons. The zero-order valence-corrected chi connectivity index (χ0v) is 11.4. The van der Waals surface area contributed by atoms with E-state index in [0.29, 0.717) is 18.8 Å². The van der Waals surface area contributed by atoms with Gasteiger partial charge in [0.25, 0.3) is 0 Å². The molecule has 2 aliphatic carbocycles. The predicted molar refractivity (Wildman–Crippen MR) is 70.6 cm³/mol. The van der Waals surface area contributed by atoms with Crippen molar-refractivity contribution in [3.8, 4) is 0 Å². The molecule has 3 fully saturated rings. The Morgan fingerprint density at radius 2 is 1.68 bits per heavy atom. The van der Waals surface area contributed by atoms with Gasteiger partial charge in [-0.15, -0.1) is 0 Å². The fraction of sp³-hybridized carbons (Fsp3) is 0.867. The van der Waals surface area contributed by atoms with Crippen molar-refractivity contribution < 1.29 is 14.7 Å². The summed E-state index contributed by atoms with van der Waals surface area (Å²) in [7, 11) is 0. The zero-order chi connectivity index (χ0) is 13.5. The lowest BCUT2D eigenvalue weighted by atomic mass is 9.67. The largest absolute Gasteiger partial charge is 0.480 e. The molecule has 0 aromatic carbocycles. The molecule has 3 aliphatic rings. The SMILES string of the molecule is O=C(O)C1(C(=O)N2CCC3CCCCC3C2)CCC1. The molecule has 0 aromatic heterocycles. The van der Waals surface area contributed by atoms with E-state index in [1.54, 1.807) is 0 Å². The molecule has 2 atom stereocenters. The minimum atomic E-state index is -1.07. The standard InChI is InChI=1S/C15H23NO3/c17-13(15(14(18)19)7-3-8-15)16-9-6-11-4-1-2-5-12(11)10-16/h11-12H,1-10H2,(H,18,19). The third-order valence-electron chi connectivity index (χ3n) is 5.60. The average molecular weight is 265 g/mol. The van der Waals surface area contributed by atoms with Crippen molar-refractivity contribution >= 4 is 11.9 Å². The van der Waals surface area contributed by atoms with Gasteiger partial charge in [-0.2, -0.15) is 0 Å². The number of aliphatic carboxylic acids is 1. The molecule has 1 heterocycles. The van der Waals surface area contributed by atoms with Crippen LogP contribution in [-0.2, 0) is 9.59 Å². The van der Waals surface area contributed by atoms with Gasteiger partial charge in [0.15, 0.2) is 0 Å². The van der Waals surface area contributed by atoms with Crippen LogP contribution in [0.25, 0.3) is 0 Å². The molecule has 0 bridgehead atoms. The number of carboxylic acid groups (broad SMARTS) is 1. The van der Waals surface area contributed by atoms with Gasteiger partial charge in [0.05, 0.1) is 0 Å². The summed E-state index contributed by atoms with van der Waals surface area (Å²) in [5.74, 6) is 0.391. The van der Waals surface area contributed by atoms with Crippen LogP contribution in [0, 0.1) is 17.3 Å². The number of hydrogen-bond acceptors (Lipinski definition) is 2. The maximum absolute atomic E-state index is 12.6. The van der Waals surface area contributed by atoms with Crippen molar-refractivity contribution in [1.29, 1.82) is 0 Å². The van der Waals surface area contributed by atoms with Crippen LogP contribution in [0.3, 0.4) is 0 Å². The normalized spacial score (nSPS) is 33.2. The van der Waals surface area contributed by atoms with Gasteiger partial charge in [-0.1, -0.05) is 25.7 Å². The van der Waals surface area contributed by atoms with Gasteiger partial charge in [0.2, 0.25) is 5.91 Å². The molecule has 1 saturated heterocycles. The van der Waals surface area contributed by atoms with Crippen molar-refractivity contribution in [1.82, 2.24) is 4.90 Å². The van der Waals surface area contributed by atoms with Crippen LogP contribution in [0.1, 0.15) is 51.4 Å². The molecule has 2 unspecified atom stereocenters. The minimum Gasteiger partial charge on any atom is -0.480 e. The molecule has 106 valence electrons. The second-order valence-corrected chi connectivity index (χ2v) is 6.59. The van der Waals surface area contributed by atoms with E-state index in [9.17, 15) is 14.7 Å². The molecule has 3 rings (SSSR count). The molecule has 0 spiro atoms. The summed E-state index contributed by atoms with van der Waals surface area (Å²) >= 11 is 0. The maximum atomic E-state index is 12.6. The van der Waals surface area contributed by atoms with E-state index < -0.39 is 11.4 Å². The van der Waals surface area contributed by atoms with Gasteiger partial charge in [-0.3, -0.25) is 9.59 Å². The van der Waals surface area contributed by atoms with Gasteiger partial charge < -0.3 is 10.0 Å². The molecule has 4 heteroatoms. The quantitative estimate of drug-likeness (QED) is 0.779. The highest BCUT2D eigenvalue weighted by atomic mass is 16.4. The summed E-state index contributed by atoms with van der Waals surface area (Å²) in [5.41, 5.74) is -1.07. The highest BCUT2D eigenvalue weighted by Gasteiger charge is 2.53. The third kappa shape index (κ3) is 2.05. The molecule has 0 aromatic rings. The lowest BCUT2D eigenvalue weighted by Gasteiger charge is -2.46. The molecule has 2 saturated carbocycles. The Morgan fingerprint density at radius 1 is 1.00 bits per heavy atom. The topological polar surface area (TPSA) is 57.6 Å². The Balaban J connectivity index is 1.69. The van der Waals surface area contributed by atoms with Gasteiger partial charge >= 0.3 is 5.97 Å². The van der Waals surface area contributed by atoms with Crippen molar-refractivity contribution in [3.05, 3.63) is 0 Å². The number of likely N-dealkylation sites (tertiary alicyclic amines) is 1. The zero-order valence-electron chi connectivity index (χ0n) is 11.4. The molecule has 1 N–H and O–H groups in total. The lowest BCUT2D eigenvalue weighted by Crippen LogP contribution is -2.56. The Labute approximate surface area is 114 Å². The van der Waals surface area contributed by atoms with Crippen molar-refractivity contribution in [3.63, 3.8) is 0 Å². The first-order valence-corrected chi connectivity index (χ1v) is 7.66. The van der Waals surface area contributed by atoms with Crippen LogP contribution in [0.2, 0.25) is 0 Å². The summed E-state index contributed by atoms with van der Waals surface area (Å²) in [6.07, 6.45) is 8.13. The van der Waals surface area contributed by atoms with E-state index in [1.807, 2.05) is 4.90 Å². The molecule has 19 heavy (non-hydrogen) atoms. The molecular weight excluding hydrogens is 242 g/mol. The predicted octanol–water partition coefficient (Wildman–Crippen LogP) is 2.28. The van der Waals surface area contributed by atoms with Crippen LogP contribution in [0.15, 0.2) is 0 Å². The second-order valence-electron chi connectivity index (χ2n) is 6.59. The lowest BCUT2D eigenvalue weighted by molar-refractivity contribution is -0.169. The van der Waals surface area contributed by atoms with Crippen LogP contribution < -0.4 is 0 Å². The number of rotatable bonds is 2. The molecule has 1 aliphatic heterocycles. The average Bonchev–Trinajstić information content (AvgIpc) is 2.36. The van der Waals surface area contributed by atoms with E-state index >= 15 is 0 Å². The maximum Gasteiger partial charge on any atom is 0.319 e. The molecular formula is C15H23NO3. The molecule has 1 amide bonds. The number of amides is 1. The minimum absolute atomic E-state index is 0.102. The van der Waals surface area contributed by atoms with E-state index in [4.69, 9.17) is 0 Å². The summed E-state index contributed by atoms with van der Waals surface area (Å²) in [4.78, 5) is 25.8. The fourth-order valence-corrected chi connectivity index (χ4v) is 4.14. The first kappa shape index (κ1) is 12.9. The van der Waals surface area contributed by atoms with E-state index in [2.05, 4.69) is 0 Å². The van der Waals surface area contributed by atoms with Gasteiger partial charge in [0, 0.05) is 13.1 Å². The number of nitrogens with zero attached hydrogens (tertiary/aromatic N) is 1. The summed E-state index contributed by atoms with van der Waals surface area (Å²) in [6.45, 7) is 1.58. The van der Waals surface area contributed by atoms with Crippen LogP contribution in [0.4, 0.5) is 0 Å².